The number of sulfonamides is 2. The van der Waals surface area contributed by atoms with Crippen molar-refractivity contribution in [1.82, 2.24) is 9.62 Å². The Morgan fingerprint density at radius 1 is 0.886 bits per heavy atom. The first kappa shape index (κ1) is 31.8. The Bertz CT molecular complexity index is 1680. The van der Waals surface area contributed by atoms with Gasteiger partial charge in [-0.1, -0.05) is 51.5 Å². The van der Waals surface area contributed by atoms with Crippen LogP contribution < -0.4 is 19.1 Å². The molecule has 2 aliphatic rings. The Morgan fingerprint density at radius 3 is 2.20 bits per heavy atom. The Balaban J connectivity index is 1.23. The van der Waals surface area contributed by atoms with E-state index in [9.17, 15) is 21.6 Å². The number of ether oxygens (including phenoxy) is 2. The molecule has 0 bridgehead atoms. The minimum absolute atomic E-state index is 0.119. The van der Waals surface area contributed by atoms with Gasteiger partial charge in [0.1, 0.15) is 18.1 Å². The van der Waals surface area contributed by atoms with Gasteiger partial charge < -0.3 is 14.8 Å². The normalized spacial score (nSPS) is 17.8. The molecule has 1 amide bonds. The number of fused-ring (bicyclic) bond motifs is 1. The van der Waals surface area contributed by atoms with Crippen LogP contribution in [0.25, 0.3) is 0 Å². The molecule has 1 atom stereocenters. The van der Waals surface area contributed by atoms with Crippen molar-refractivity contribution in [2.75, 3.05) is 37.1 Å². The van der Waals surface area contributed by atoms with Gasteiger partial charge in [0, 0.05) is 13.1 Å². The standard InChI is InChI=1S/C32H39N3O7S2/c1-32(2,3)24-12-17-29-28(22-24)35(44(39,40)26-10-6-4-7-11-26)23-30(42-29)31(36)33-18-21-41-25-13-15-27(16-14-25)43(37,38)34-19-8-5-9-20-34/h4,6-7,10-17,22,30H,5,8-9,18-21,23H2,1-3H3,(H,33,36). The number of carbonyl (C=O) groups is 1. The monoisotopic (exact) mass is 641 g/mol. The summed E-state index contributed by atoms with van der Waals surface area (Å²) in [5, 5.41) is 2.77. The number of benzene rings is 3. The average Bonchev–Trinajstić information content (AvgIpc) is 3.02. The molecule has 0 radical (unpaired) electrons. The van der Waals surface area contributed by atoms with Gasteiger partial charge in [-0.2, -0.15) is 4.31 Å². The lowest BCUT2D eigenvalue weighted by Crippen LogP contribution is -2.51. The number of nitrogens with zero attached hydrogens (tertiary/aromatic N) is 2. The van der Waals surface area contributed by atoms with E-state index in [1.54, 1.807) is 42.5 Å². The minimum Gasteiger partial charge on any atom is -0.492 e. The third kappa shape index (κ3) is 6.87. The van der Waals surface area contributed by atoms with Crippen molar-refractivity contribution in [3.63, 3.8) is 0 Å². The first-order chi connectivity index (χ1) is 20.9. The summed E-state index contributed by atoms with van der Waals surface area (Å²) >= 11 is 0. The van der Waals surface area contributed by atoms with E-state index < -0.39 is 32.1 Å². The fourth-order valence-electron chi connectivity index (χ4n) is 5.22. The number of rotatable bonds is 9. The molecule has 2 heterocycles. The van der Waals surface area contributed by atoms with E-state index in [2.05, 4.69) is 5.32 Å². The summed E-state index contributed by atoms with van der Waals surface area (Å²) in [7, 11) is -7.52. The lowest BCUT2D eigenvalue weighted by Gasteiger charge is -2.36. The Kier molecular flexibility index (Phi) is 9.24. The zero-order chi connectivity index (χ0) is 31.5. The smallest absolute Gasteiger partial charge is 0.264 e. The molecule has 1 N–H and O–H groups in total. The Hall–Kier alpha value is -3.61. The Morgan fingerprint density at radius 2 is 1.55 bits per heavy atom. The van der Waals surface area contributed by atoms with E-state index in [0.29, 0.717) is 30.3 Å². The van der Waals surface area contributed by atoms with Gasteiger partial charge in [0.05, 0.1) is 28.6 Å². The number of piperidine rings is 1. The van der Waals surface area contributed by atoms with Crippen molar-refractivity contribution in [3.05, 3.63) is 78.4 Å². The second-order valence-electron chi connectivity index (χ2n) is 12.0. The predicted octanol–water partition coefficient (Wildman–Crippen LogP) is 4.31. The van der Waals surface area contributed by atoms with Gasteiger partial charge in [0.2, 0.25) is 10.0 Å². The number of amides is 1. The molecule has 0 saturated carbocycles. The van der Waals surface area contributed by atoms with Crippen LogP contribution in [0.2, 0.25) is 0 Å². The van der Waals surface area contributed by atoms with Gasteiger partial charge in [-0.05, 0) is 72.4 Å². The van der Waals surface area contributed by atoms with Crippen LogP contribution in [0.1, 0.15) is 45.6 Å². The summed E-state index contributed by atoms with van der Waals surface area (Å²) < 4.78 is 67.7. The molecular weight excluding hydrogens is 603 g/mol. The van der Waals surface area contributed by atoms with Crippen LogP contribution in [-0.2, 0) is 30.3 Å². The fourth-order valence-corrected chi connectivity index (χ4v) is 8.23. The van der Waals surface area contributed by atoms with E-state index in [4.69, 9.17) is 9.47 Å². The predicted molar refractivity (Wildman–Crippen MR) is 168 cm³/mol. The summed E-state index contributed by atoms with van der Waals surface area (Å²) in [5.41, 5.74) is 1.09. The fraction of sp³-hybridized carbons (Fsp3) is 0.406. The SMILES string of the molecule is CC(C)(C)c1ccc2c(c1)N(S(=O)(=O)c1ccccc1)CC(C(=O)NCCOc1ccc(S(=O)(=O)N3CCCCC3)cc1)O2. The molecule has 5 rings (SSSR count). The third-order valence-electron chi connectivity index (χ3n) is 7.76. The minimum atomic E-state index is -3.98. The van der Waals surface area contributed by atoms with Crippen molar-refractivity contribution in [1.29, 1.82) is 0 Å². The summed E-state index contributed by atoms with van der Waals surface area (Å²) in [5.74, 6) is 0.296. The highest BCUT2D eigenvalue weighted by Crippen LogP contribution is 2.40. The molecule has 3 aromatic rings. The van der Waals surface area contributed by atoms with Gasteiger partial charge in [-0.3, -0.25) is 9.10 Å². The third-order valence-corrected chi connectivity index (χ3v) is 11.5. The zero-order valence-corrected chi connectivity index (χ0v) is 26.9. The van der Waals surface area contributed by atoms with Crippen molar-refractivity contribution in [2.45, 2.75) is 61.3 Å². The van der Waals surface area contributed by atoms with Crippen molar-refractivity contribution < 1.29 is 31.1 Å². The lowest BCUT2D eigenvalue weighted by molar-refractivity contribution is -0.127. The van der Waals surface area contributed by atoms with Crippen LogP contribution in [0.15, 0.2) is 82.6 Å². The molecule has 12 heteroatoms. The van der Waals surface area contributed by atoms with E-state index in [1.165, 1.54) is 32.9 Å². The maximum absolute atomic E-state index is 13.8. The van der Waals surface area contributed by atoms with Crippen molar-refractivity contribution in [3.8, 4) is 11.5 Å². The number of hydrogen-bond acceptors (Lipinski definition) is 7. The van der Waals surface area contributed by atoms with Crippen LogP contribution in [0.4, 0.5) is 5.69 Å². The first-order valence-corrected chi connectivity index (χ1v) is 17.6. The summed E-state index contributed by atoms with van der Waals surface area (Å²) in [4.78, 5) is 13.5. The number of anilines is 1. The van der Waals surface area contributed by atoms with E-state index in [1.807, 2.05) is 26.8 Å². The van der Waals surface area contributed by atoms with Gasteiger partial charge in [-0.25, -0.2) is 16.8 Å². The molecule has 0 aliphatic carbocycles. The largest absolute Gasteiger partial charge is 0.492 e. The van der Waals surface area contributed by atoms with Gasteiger partial charge >= 0.3 is 0 Å². The van der Waals surface area contributed by atoms with Gasteiger partial charge in [0.25, 0.3) is 15.9 Å². The van der Waals surface area contributed by atoms with Crippen molar-refractivity contribution in [2.24, 2.45) is 0 Å². The summed E-state index contributed by atoms with van der Waals surface area (Å²) in [6, 6.07) is 19.8. The molecule has 2 aliphatic heterocycles. The molecule has 0 spiro atoms. The van der Waals surface area contributed by atoms with Crippen molar-refractivity contribution >= 4 is 31.6 Å². The van der Waals surface area contributed by atoms with E-state index in [0.717, 1.165) is 24.8 Å². The molecule has 0 aromatic heterocycles. The topological polar surface area (TPSA) is 122 Å². The molecule has 1 unspecified atom stereocenters. The molecule has 3 aromatic carbocycles. The van der Waals surface area contributed by atoms with Crippen LogP contribution in [0.3, 0.4) is 0 Å². The first-order valence-electron chi connectivity index (χ1n) is 14.8. The lowest BCUT2D eigenvalue weighted by atomic mass is 9.86. The summed E-state index contributed by atoms with van der Waals surface area (Å²) in [6.45, 7) is 7.24. The maximum Gasteiger partial charge on any atom is 0.264 e. The number of carbonyl (C=O) groups excluding carboxylic acids is 1. The molecular formula is C32H39N3O7S2. The van der Waals surface area contributed by atoms with Crippen LogP contribution >= 0.6 is 0 Å². The maximum atomic E-state index is 13.8. The second-order valence-corrected chi connectivity index (χ2v) is 15.8. The van der Waals surface area contributed by atoms with Gasteiger partial charge in [-0.15, -0.1) is 0 Å². The molecule has 44 heavy (non-hydrogen) atoms. The Labute approximate surface area is 260 Å². The second kappa shape index (κ2) is 12.8. The van der Waals surface area contributed by atoms with E-state index >= 15 is 0 Å². The van der Waals surface area contributed by atoms with E-state index in [-0.39, 0.29) is 34.9 Å². The molecule has 10 nitrogen and oxygen atoms in total. The molecule has 1 saturated heterocycles. The highest BCUT2D eigenvalue weighted by Gasteiger charge is 2.38. The molecule has 236 valence electrons. The number of hydrogen-bond donors (Lipinski definition) is 1. The van der Waals surface area contributed by atoms with Crippen LogP contribution in [0, 0.1) is 0 Å². The highest BCUT2D eigenvalue weighted by atomic mass is 32.2. The quantitative estimate of drug-likeness (QED) is 0.346. The van der Waals surface area contributed by atoms with Gasteiger partial charge in [0.15, 0.2) is 6.10 Å². The van der Waals surface area contributed by atoms with Crippen LogP contribution in [0.5, 0.6) is 11.5 Å². The number of nitrogens with one attached hydrogen (secondary N) is 1. The molecule has 1 fully saturated rings. The zero-order valence-electron chi connectivity index (χ0n) is 25.2. The average molecular weight is 642 g/mol. The highest BCUT2D eigenvalue weighted by molar-refractivity contribution is 7.92. The van der Waals surface area contributed by atoms with Crippen LogP contribution in [-0.4, -0.2) is 65.9 Å². The summed E-state index contributed by atoms with van der Waals surface area (Å²) in [6.07, 6.45) is 1.69.